The Balaban J connectivity index is 2.17. The van der Waals surface area contributed by atoms with Gasteiger partial charge in [0.1, 0.15) is 5.82 Å². The first-order valence-corrected chi connectivity index (χ1v) is 6.83. The van der Waals surface area contributed by atoms with Crippen molar-refractivity contribution >= 4 is 0 Å². The van der Waals surface area contributed by atoms with Crippen molar-refractivity contribution in [2.45, 2.75) is 38.8 Å². The molecule has 1 heterocycles. The Kier molecular flexibility index (Phi) is 4.95. The van der Waals surface area contributed by atoms with Gasteiger partial charge >= 0.3 is 0 Å². The highest BCUT2D eigenvalue weighted by atomic mass is 19.1. The topological polar surface area (TPSA) is 23.5 Å². The highest BCUT2D eigenvalue weighted by molar-refractivity contribution is 5.41. The molecule has 1 aromatic rings. The number of aliphatic hydroxyl groups excluding tert-OH is 1. The average molecular weight is 261 g/mol. The quantitative estimate of drug-likeness (QED) is 0.845. The van der Waals surface area contributed by atoms with Crippen LogP contribution in [0.3, 0.4) is 0 Å². The van der Waals surface area contributed by atoms with Crippen LogP contribution < -0.4 is 0 Å². The summed E-state index contributed by atoms with van der Waals surface area (Å²) in [6.45, 7) is 4.20. The fourth-order valence-corrected chi connectivity index (χ4v) is 2.46. The number of nitrogens with zero attached hydrogens (tertiary/aromatic N) is 1. The molecule has 0 saturated carbocycles. The van der Waals surface area contributed by atoms with Gasteiger partial charge in [0.15, 0.2) is 0 Å². The molecule has 19 heavy (non-hydrogen) atoms. The van der Waals surface area contributed by atoms with Crippen LogP contribution in [-0.2, 0) is 6.54 Å². The van der Waals surface area contributed by atoms with Crippen LogP contribution in [0.2, 0.25) is 0 Å². The zero-order chi connectivity index (χ0) is 13.7. The Hall–Kier alpha value is -1.37. The molecule has 1 aromatic carbocycles. The third-order valence-corrected chi connectivity index (χ3v) is 3.60. The van der Waals surface area contributed by atoms with Crippen molar-refractivity contribution in [3.05, 3.63) is 35.1 Å². The lowest BCUT2D eigenvalue weighted by Gasteiger charge is -2.21. The molecule has 1 atom stereocenters. The Morgan fingerprint density at radius 1 is 1.47 bits per heavy atom. The van der Waals surface area contributed by atoms with Gasteiger partial charge in [0, 0.05) is 24.6 Å². The Labute approximate surface area is 114 Å². The summed E-state index contributed by atoms with van der Waals surface area (Å²) < 4.78 is 13.3. The zero-order valence-corrected chi connectivity index (χ0v) is 11.3. The van der Waals surface area contributed by atoms with Gasteiger partial charge in [-0.15, -0.1) is 0 Å². The molecule has 2 rings (SSSR count). The van der Waals surface area contributed by atoms with Gasteiger partial charge in [-0.3, -0.25) is 4.90 Å². The van der Waals surface area contributed by atoms with E-state index in [1.165, 1.54) is 25.0 Å². The number of halogens is 1. The third-order valence-electron chi connectivity index (χ3n) is 3.60. The molecule has 0 bridgehead atoms. The van der Waals surface area contributed by atoms with Crippen molar-refractivity contribution in [3.8, 4) is 11.8 Å². The number of aliphatic hydroxyl groups is 1. The zero-order valence-electron chi connectivity index (χ0n) is 11.3. The van der Waals surface area contributed by atoms with Gasteiger partial charge in [-0.05, 0) is 44.0 Å². The average Bonchev–Trinajstić information content (AvgIpc) is 2.78. The maximum Gasteiger partial charge on any atom is 0.124 e. The second-order valence-electron chi connectivity index (χ2n) is 5.04. The Bertz CT molecular complexity index is 489. The predicted octanol–water partition coefficient (Wildman–Crippen LogP) is 2.54. The normalized spacial score (nSPS) is 19.2. The van der Waals surface area contributed by atoms with Crippen molar-refractivity contribution in [2.24, 2.45) is 0 Å². The summed E-state index contributed by atoms with van der Waals surface area (Å²) in [5.74, 6) is 5.58. The Morgan fingerprint density at radius 3 is 3.00 bits per heavy atom. The largest absolute Gasteiger partial charge is 0.395 e. The van der Waals surface area contributed by atoms with Crippen molar-refractivity contribution in [2.75, 3.05) is 13.2 Å². The van der Waals surface area contributed by atoms with Gasteiger partial charge in [0.25, 0.3) is 0 Å². The minimum atomic E-state index is -0.258. The van der Waals surface area contributed by atoms with Crippen molar-refractivity contribution in [3.63, 3.8) is 0 Å². The lowest BCUT2D eigenvalue weighted by molar-refractivity contribution is 0.260. The number of hydrogen-bond acceptors (Lipinski definition) is 2. The van der Waals surface area contributed by atoms with Crippen molar-refractivity contribution < 1.29 is 9.50 Å². The summed E-state index contributed by atoms with van der Waals surface area (Å²) in [7, 11) is 0. The molecule has 0 aromatic heterocycles. The van der Waals surface area contributed by atoms with E-state index in [1.807, 2.05) is 6.07 Å². The monoisotopic (exact) mass is 261 g/mol. The lowest BCUT2D eigenvalue weighted by Crippen LogP contribution is -2.26. The standard InChI is InChI=1S/C16H20FNO/c1-13-5-4-9-18(13)12-15-7-8-16(17)11-14(15)6-2-3-10-19/h7-8,11,13,19H,3-5,9-10,12H2,1H3. The van der Waals surface area contributed by atoms with Crippen LogP contribution in [0.1, 0.15) is 37.3 Å². The van der Waals surface area contributed by atoms with Crippen LogP contribution >= 0.6 is 0 Å². The van der Waals surface area contributed by atoms with E-state index >= 15 is 0 Å². The molecule has 0 aliphatic carbocycles. The van der Waals surface area contributed by atoms with E-state index < -0.39 is 0 Å². The summed E-state index contributed by atoms with van der Waals surface area (Å²) in [6.07, 6.45) is 2.89. The molecule has 1 unspecified atom stereocenters. The van der Waals surface area contributed by atoms with E-state index in [0.717, 1.165) is 24.2 Å². The first-order chi connectivity index (χ1) is 9.20. The fourth-order valence-electron chi connectivity index (χ4n) is 2.46. The van der Waals surface area contributed by atoms with Crippen LogP contribution in [0.4, 0.5) is 4.39 Å². The second kappa shape index (κ2) is 6.70. The first kappa shape index (κ1) is 14.0. The van der Waals surface area contributed by atoms with Crippen LogP contribution in [0.25, 0.3) is 0 Å². The minimum Gasteiger partial charge on any atom is -0.395 e. The molecule has 2 nitrogen and oxygen atoms in total. The Morgan fingerprint density at radius 2 is 2.32 bits per heavy atom. The molecule has 1 N–H and O–H groups in total. The summed E-state index contributed by atoms with van der Waals surface area (Å²) >= 11 is 0. The minimum absolute atomic E-state index is 0.0425. The molecule has 102 valence electrons. The van der Waals surface area contributed by atoms with E-state index in [4.69, 9.17) is 5.11 Å². The number of likely N-dealkylation sites (tertiary alicyclic amines) is 1. The number of rotatable bonds is 3. The van der Waals surface area contributed by atoms with Crippen LogP contribution in [0.5, 0.6) is 0 Å². The molecule has 0 radical (unpaired) electrons. The summed E-state index contributed by atoms with van der Waals surface area (Å²) in [5, 5.41) is 8.75. The molecule has 1 fully saturated rings. The SMILES string of the molecule is CC1CCCN1Cc1ccc(F)cc1C#CCCO. The number of hydrogen-bond donors (Lipinski definition) is 1. The fraction of sp³-hybridized carbons (Fsp3) is 0.500. The van der Waals surface area contributed by atoms with Crippen LogP contribution in [0, 0.1) is 17.7 Å². The van der Waals surface area contributed by atoms with E-state index in [-0.39, 0.29) is 12.4 Å². The van der Waals surface area contributed by atoms with Gasteiger partial charge in [0.05, 0.1) is 6.61 Å². The third kappa shape index (κ3) is 3.79. The summed E-state index contributed by atoms with van der Waals surface area (Å²) in [6, 6.07) is 5.39. The predicted molar refractivity (Wildman–Crippen MR) is 74.1 cm³/mol. The van der Waals surface area contributed by atoms with E-state index in [9.17, 15) is 4.39 Å². The number of benzene rings is 1. The molecule has 1 saturated heterocycles. The van der Waals surface area contributed by atoms with Gasteiger partial charge in [-0.25, -0.2) is 4.39 Å². The second-order valence-corrected chi connectivity index (χ2v) is 5.04. The highest BCUT2D eigenvalue weighted by Crippen LogP contribution is 2.21. The summed E-state index contributed by atoms with van der Waals surface area (Å²) in [5.41, 5.74) is 1.81. The lowest BCUT2D eigenvalue weighted by atomic mass is 10.1. The van der Waals surface area contributed by atoms with Gasteiger partial charge in [-0.1, -0.05) is 17.9 Å². The van der Waals surface area contributed by atoms with Crippen LogP contribution in [-0.4, -0.2) is 29.2 Å². The van der Waals surface area contributed by atoms with Crippen LogP contribution in [0.15, 0.2) is 18.2 Å². The van der Waals surface area contributed by atoms with Gasteiger partial charge in [-0.2, -0.15) is 0 Å². The maximum atomic E-state index is 13.3. The van der Waals surface area contributed by atoms with E-state index in [1.54, 1.807) is 0 Å². The van der Waals surface area contributed by atoms with Gasteiger partial charge < -0.3 is 5.11 Å². The van der Waals surface area contributed by atoms with E-state index in [0.29, 0.717) is 12.5 Å². The molecule has 3 heteroatoms. The molecule has 1 aliphatic rings. The molecule has 1 aliphatic heterocycles. The van der Waals surface area contributed by atoms with Gasteiger partial charge in [0.2, 0.25) is 0 Å². The molecular formula is C16H20FNO. The molecule has 0 spiro atoms. The maximum absolute atomic E-state index is 13.3. The smallest absolute Gasteiger partial charge is 0.124 e. The van der Waals surface area contributed by atoms with Crippen molar-refractivity contribution in [1.82, 2.24) is 4.90 Å². The van der Waals surface area contributed by atoms with Crippen molar-refractivity contribution in [1.29, 1.82) is 0 Å². The highest BCUT2D eigenvalue weighted by Gasteiger charge is 2.20. The summed E-state index contributed by atoms with van der Waals surface area (Å²) in [4.78, 5) is 2.41. The molecule has 0 amide bonds. The first-order valence-electron chi connectivity index (χ1n) is 6.83. The van der Waals surface area contributed by atoms with E-state index in [2.05, 4.69) is 23.7 Å². The molecular weight excluding hydrogens is 241 g/mol.